The molecule has 0 saturated heterocycles. The van der Waals surface area contributed by atoms with Crippen LogP contribution >= 0.6 is 11.8 Å². The molecule has 1 heterocycles. The van der Waals surface area contributed by atoms with E-state index in [9.17, 15) is 10.1 Å². The summed E-state index contributed by atoms with van der Waals surface area (Å²) in [6, 6.07) is 15.2. The molecule has 1 aromatic heterocycles. The third-order valence-corrected chi connectivity index (χ3v) is 5.22. The Morgan fingerprint density at radius 1 is 1.13 bits per heavy atom. The molecule has 1 N–H and O–H groups in total. The molecule has 0 saturated carbocycles. The number of benzene rings is 2. The number of anilines is 1. The Labute approximate surface area is 180 Å². The normalized spacial score (nSPS) is 10.5. The molecule has 3 rings (SSSR count). The van der Waals surface area contributed by atoms with Crippen molar-refractivity contribution < 1.29 is 14.3 Å². The molecule has 2 aromatic carbocycles. The van der Waals surface area contributed by atoms with Gasteiger partial charge in [0.1, 0.15) is 22.6 Å². The van der Waals surface area contributed by atoms with E-state index < -0.39 is 0 Å². The van der Waals surface area contributed by atoms with Crippen LogP contribution in [0, 0.1) is 18.3 Å². The second-order valence-corrected chi connectivity index (χ2v) is 7.47. The first-order valence-corrected chi connectivity index (χ1v) is 10.7. The van der Waals surface area contributed by atoms with E-state index in [0.717, 1.165) is 16.5 Å². The van der Waals surface area contributed by atoms with Crippen LogP contribution in [0.4, 0.5) is 5.69 Å². The number of nitrogens with zero attached hydrogens (tertiary/aromatic N) is 2. The van der Waals surface area contributed by atoms with Gasteiger partial charge >= 0.3 is 0 Å². The second-order valence-electron chi connectivity index (χ2n) is 6.51. The van der Waals surface area contributed by atoms with Gasteiger partial charge in [0.05, 0.1) is 35.7 Å². The van der Waals surface area contributed by atoms with Crippen LogP contribution in [0.2, 0.25) is 0 Å². The molecule has 0 aliphatic heterocycles. The molecule has 0 spiro atoms. The largest absolute Gasteiger partial charge is 0.494 e. The molecule has 3 aromatic rings. The summed E-state index contributed by atoms with van der Waals surface area (Å²) in [4.78, 5) is 17.1. The predicted molar refractivity (Wildman–Crippen MR) is 119 cm³/mol. The van der Waals surface area contributed by atoms with Crippen LogP contribution in [0.3, 0.4) is 0 Å². The molecule has 0 atom stereocenters. The minimum Gasteiger partial charge on any atom is -0.494 e. The maximum Gasteiger partial charge on any atom is 0.234 e. The van der Waals surface area contributed by atoms with Crippen molar-refractivity contribution in [2.75, 3.05) is 24.3 Å². The number of carbonyl (C=O) groups is 1. The molecule has 0 unspecified atom stereocenters. The van der Waals surface area contributed by atoms with E-state index in [4.69, 9.17) is 9.47 Å². The maximum atomic E-state index is 12.6. The van der Waals surface area contributed by atoms with Crippen molar-refractivity contribution in [2.45, 2.75) is 25.8 Å². The SMILES string of the molecule is CCOc1ccc(OCC)c(NC(=O)CSc2nc3ccc(C)cc3cc2C#N)c1. The molecule has 0 radical (unpaired) electrons. The van der Waals surface area contributed by atoms with Gasteiger partial charge < -0.3 is 14.8 Å². The van der Waals surface area contributed by atoms with E-state index in [2.05, 4.69) is 16.4 Å². The van der Waals surface area contributed by atoms with E-state index in [0.29, 0.717) is 41.0 Å². The summed E-state index contributed by atoms with van der Waals surface area (Å²) in [6.07, 6.45) is 0. The Hall–Kier alpha value is -3.24. The molecule has 0 aliphatic carbocycles. The fraction of sp³-hybridized carbons (Fsp3) is 0.261. The van der Waals surface area contributed by atoms with Crippen molar-refractivity contribution in [3.8, 4) is 17.6 Å². The average Bonchev–Trinajstić information content (AvgIpc) is 2.73. The van der Waals surface area contributed by atoms with Gasteiger partial charge in [-0.05, 0) is 51.1 Å². The van der Waals surface area contributed by atoms with Gasteiger partial charge in [-0.25, -0.2) is 4.98 Å². The van der Waals surface area contributed by atoms with Gasteiger partial charge in [0.15, 0.2) is 0 Å². The predicted octanol–water partition coefficient (Wildman–Crippen LogP) is 4.94. The van der Waals surface area contributed by atoms with Gasteiger partial charge in [0.25, 0.3) is 0 Å². The Bertz CT molecular complexity index is 1110. The fourth-order valence-corrected chi connectivity index (χ4v) is 3.70. The number of hydrogen-bond acceptors (Lipinski definition) is 6. The number of carbonyl (C=O) groups excluding carboxylic acids is 1. The highest BCUT2D eigenvalue weighted by molar-refractivity contribution is 8.00. The lowest BCUT2D eigenvalue weighted by molar-refractivity contribution is -0.113. The van der Waals surface area contributed by atoms with E-state index in [1.54, 1.807) is 18.2 Å². The second kappa shape index (κ2) is 9.99. The number of fused-ring (bicyclic) bond motifs is 1. The van der Waals surface area contributed by atoms with E-state index >= 15 is 0 Å². The van der Waals surface area contributed by atoms with Crippen LogP contribution in [-0.4, -0.2) is 29.9 Å². The fourth-order valence-electron chi connectivity index (χ4n) is 2.93. The average molecular weight is 422 g/mol. The summed E-state index contributed by atoms with van der Waals surface area (Å²) in [6.45, 7) is 6.79. The first-order valence-electron chi connectivity index (χ1n) is 9.67. The Morgan fingerprint density at radius 3 is 2.67 bits per heavy atom. The minimum atomic E-state index is -0.218. The van der Waals surface area contributed by atoms with Crippen LogP contribution < -0.4 is 14.8 Å². The third kappa shape index (κ3) is 5.22. The summed E-state index contributed by atoms with van der Waals surface area (Å²) in [5.74, 6) is 1.13. The highest BCUT2D eigenvalue weighted by Crippen LogP contribution is 2.30. The van der Waals surface area contributed by atoms with Gasteiger partial charge in [-0.2, -0.15) is 5.26 Å². The van der Waals surface area contributed by atoms with E-state index in [-0.39, 0.29) is 11.7 Å². The molecule has 0 fully saturated rings. The van der Waals surface area contributed by atoms with Gasteiger partial charge in [-0.3, -0.25) is 4.79 Å². The number of thioether (sulfide) groups is 1. The van der Waals surface area contributed by atoms with Crippen molar-refractivity contribution >= 4 is 34.3 Å². The van der Waals surface area contributed by atoms with E-state index in [1.807, 2.05) is 45.0 Å². The molecule has 7 heteroatoms. The zero-order valence-electron chi connectivity index (χ0n) is 17.2. The standard InChI is InChI=1S/C23H23N3O3S/c1-4-28-18-7-9-21(29-5-2)20(12-18)25-22(27)14-30-23-17(13-24)11-16-10-15(3)6-8-19(16)26-23/h6-12H,4-5,14H2,1-3H3,(H,25,27). The smallest absolute Gasteiger partial charge is 0.234 e. The quantitative estimate of drug-likeness (QED) is 0.519. The lowest BCUT2D eigenvalue weighted by atomic mass is 10.1. The van der Waals surface area contributed by atoms with Crippen LogP contribution in [0.5, 0.6) is 11.5 Å². The highest BCUT2D eigenvalue weighted by atomic mass is 32.2. The Morgan fingerprint density at radius 2 is 1.93 bits per heavy atom. The zero-order valence-corrected chi connectivity index (χ0v) is 18.0. The molecule has 0 bridgehead atoms. The lowest BCUT2D eigenvalue weighted by Crippen LogP contribution is -2.15. The lowest BCUT2D eigenvalue weighted by Gasteiger charge is -2.13. The first-order chi connectivity index (χ1) is 14.5. The molecule has 30 heavy (non-hydrogen) atoms. The molecule has 1 amide bonds. The number of hydrogen-bond donors (Lipinski definition) is 1. The van der Waals surface area contributed by atoms with Crippen molar-refractivity contribution in [1.29, 1.82) is 5.26 Å². The van der Waals surface area contributed by atoms with Crippen LogP contribution in [0.1, 0.15) is 25.0 Å². The van der Waals surface area contributed by atoms with Gasteiger partial charge in [-0.15, -0.1) is 0 Å². The van der Waals surface area contributed by atoms with Gasteiger partial charge in [-0.1, -0.05) is 23.4 Å². The molecule has 0 aliphatic rings. The van der Waals surface area contributed by atoms with Gasteiger partial charge in [0.2, 0.25) is 5.91 Å². The maximum absolute atomic E-state index is 12.6. The molecular formula is C23H23N3O3S. The van der Waals surface area contributed by atoms with Crippen molar-refractivity contribution in [3.63, 3.8) is 0 Å². The third-order valence-electron chi connectivity index (χ3n) is 4.23. The van der Waals surface area contributed by atoms with Crippen molar-refractivity contribution in [2.24, 2.45) is 0 Å². The zero-order chi connectivity index (χ0) is 21.5. The first kappa shape index (κ1) is 21.5. The van der Waals surface area contributed by atoms with Crippen LogP contribution in [-0.2, 0) is 4.79 Å². The summed E-state index contributed by atoms with van der Waals surface area (Å²) in [5.41, 5.74) is 2.91. The number of aryl methyl sites for hydroxylation is 1. The Kier molecular flexibility index (Phi) is 7.15. The summed E-state index contributed by atoms with van der Waals surface area (Å²) in [5, 5.41) is 13.8. The van der Waals surface area contributed by atoms with Crippen LogP contribution in [0.25, 0.3) is 10.9 Å². The highest BCUT2D eigenvalue weighted by Gasteiger charge is 2.13. The topological polar surface area (TPSA) is 84.2 Å². The summed E-state index contributed by atoms with van der Waals surface area (Å²) in [7, 11) is 0. The molecule has 6 nitrogen and oxygen atoms in total. The molecular weight excluding hydrogens is 398 g/mol. The van der Waals surface area contributed by atoms with Crippen LogP contribution in [0.15, 0.2) is 47.5 Å². The number of nitriles is 1. The van der Waals surface area contributed by atoms with Crippen molar-refractivity contribution in [1.82, 2.24) is 4.98 Å². The van der Waals surface area contributed by atoms with Crippen molar-refractivity contribution in [3.05, 3.63) is 53.6 Å². The minimum absolute atomic E-state index is 0.115. The molecule has 154 valence electrons. The number of ether oxygens (including phenoxy) is 2. The summed E-state index contributed by atoms with van der Waals surface area (Å²) < 4.78 is 11.1. The summed E-state index contributed by atoms with van der Waals surface area (Å²) >= 11 is 1.23. The number of pyridine rings is 1. The van der Waals surface area contributed by atoms with Gasteiger partial charge in [0, 0.05) is 11.5 Å². The monoisotopic (exact) mass is 421 g/mol. The number of aromatic nitrogens is 1. The number of rotatable bonds is 8. The number of nitrogens with one attached hydrogen (secondary N) is 1. The Balaban J connectivity index is 1.75. The van der Waals surface area contributed by atoms with E-state index in [1.165, 1.54) is 11.8 Å². The number of amides is 1.